The highest BCUT2D eigenvalue weighted by molar-refractivity contribution is 6.21. The van der Waals surface area contributed by atoms with Gasteiger partial charge in [-0.2, -0.15) is 0 Å². The molecule has 0 aliphatic carbocycles. The maximum atomic E-state index is 6.59. The molecule has 0 amide bonds. The molecule has 1 nitrogen and oxygen atoms in total. The fourth-order valence-electron chi connectivity index (χ4n) is 2.39. The van der Waals surface area contributed by atoms with Crippen LogP contribution in [0.5, 0.6) is 5.75 Å². The van der Waals surface area contributed by atoms with Crippen LogP contribution in [0.2, 0.25) is 0 Å². The van der Waals surface area contributed by atoms with Gasteiger partial charge in [0.1, 0.15) is 5.75 Å². The molecule has 0 aliphatic rings. The third-order valence-corrected chi connectivity index (χ3v) is 3.80. The third-order valence-electron chi connectivity index (χ3n) is 3.43. The zero-order valence-electron chi connectivity index (χ0n) is 11.6. The molecule has 0 aliphatic heterocycles. The van der Waals surface area contributed by atoms with Gasteiger partial charge in [-0.25, -0.2) is 0 Å². The molecule has 2 heteroatoms. The third kappa shape index (κ3) is 3.30. The van der Waals surface area contributed by atoms with Crippen LogP contribution in [0.25, 0.3) is 0 Å². The number of ether oxygens (including phenoxy) is 1. The summed E-state index contributed by atoms with van der Waals surface area (Å²) < 4.78 is 5.16. The van der Waals surface area contributed by atoms with Crippen LogP contribution in [0, 0.1) is 13.8 Å². The first-order valence-electron chi connectivity index (χ1n) is 6.45. The first-order chi connectivity index (χ1) is 9.11. The van der Waals surface area contributed by atoms with Crippen molar-refractivity contribution in [2.24, 2.45) is 0 Å². The smallest absolute Gasteiger partial charge is 0.118 e. The summed E-state index contributed by atoms with van der Waals surface area (Å²) in [4.78, 5) is 0. The van der Waals surface area contributed by atoms with Gasteiger partial charge in [-0.15, -0.1) is 11.6 Å². The van der Waals surface area contributed by atoms with Crippen LogP contribution in [-0.4, -0.2) is 7.11 Å². The van der Waals surface area contributed by atoms with Gasteiger partial charge < -0.3 is 4.74 Å². The normalized spacial score (nSPS) is 12.2. The zero-order chi connectivity index (χ0) is 13.8. The van der Waals surface area contributed by atoms with E-state index in [9.17, 15) is 0 Å². The minimum absolute atomic E-state index is 0.00888. The average Bonchev–Trinajstić information content (AvgIpc) is 2.39. The molecule has 0 radical (unpaired) electrons. The molecule has 0 fully saturated rings. The summed E-state index contributed by atoms with van der Waals surface area (Å²) in [5.74, 6) is 0.877. The van der Waals surface area contributed by atoms with Gasteiger partial charge in [0.15, 0.2) is 0 Å². The number of benzene rings is 2. The van der Waals surface area contributed by atoms with Gasteiger partial charge in [-0.3, -0.25) is 0 Å². The molecule has 2 rings (SSSR count). The Morgan fingerprint density at radius 1 is 1.00 bits per heavy atom. The summed E-state index contributed by atoms with van der Waals surface area (Å²) in [5.41, 5.74) is 4.99. The molecule has 0 bridgehead atoms. The van der Waals surface area contributed by atoms with Gasteiger partial charge in [0.2, 0.25) is 0 Å². The van der Waals surface area contributed by atoms with Gasteiger partial charge in [0.25, 0.3) is 0 Å². The maximum Gasteiger partial charge on any atom is 0.118 e. The lowest BCUT2D eigenvalue weighted by atomic mass is 9.96. The molecule has 0 saturated carbocycles. The van der Waals surface area contributed by atoms with Crippen molar-refractivity contribution < 1.29 is 4.74 Å². The predicted molar refractivity (Wildman–Crippen MR) is 81.2 cm³/mol. The molecule has 0 aromatic heterocycles. The van der Waals surface area contributed by atoms with E-state index in [1.165, 1.54) is 22.3 Å². The van der Waals surface area contributed by atoms with Crippen LogP contribution in [0.15, 0.2) is 42.5 Å². The lowest BCUT2D eigenvalue weighted by molar-refractivity contribution is 0.414. The van der Waals surface area contributed by atoms with E-state index in [0.29, 0.717) is 0 Å². The van der Waals surface area contributed by atoms with Gasteiger partial charge in [0.05, 0.1) is 12.5 Å². The molecule has 19 heavy (non-hydrogen) atoms. The number of rotatable bonds is 4. The summed E-state index contributed by atoms with van der Waals surface area (Å²) in [5, 5.41) is 0.00888. The molecule has 100 valence electrons. The van der Waals surface area contributed by atoms with Crippen LogP contribution in [0.4, 0.5) is 0 Å². The monoisotopic (exact) mass is 274 g/mol. The zero-order valence-corrected chi connectivity index (χ0v) is 12.4. The Hall–Kier alpha value is -1.47. The fourth-order valence-corrected chi connectivity index (χ4v) is 2.91. The highest BCUT2D eigenvalue weighted by Crippen LogP contribution is 2.30. The summed E-state index contributed by atoms with van der Waals surface area (Å²) >= 11 is 6.59. The van der Waals surface area contributed by atoms with Gasteiger partial charge >= 0.3 is 0 Å². The van der Waals surface area contributed by atoms with Crippen LogP contribution >= 0.6 is 11.6 Å². The number of alkyl halides is 1. The SMILES string of the molecule is COc1ccc(CC(Cl)c2c(C)cccc2C)cc1. The highest BCUT2D eigenvalue weighted by atomic mass is 35.5. The Kier molecular flexibility index (Phi) is 4.49. The number of methoxy groups -OCH3 is 1. The van der Waals surface area contributed by atoms with E-state index < -0.39 is 0 Å². The summed E-state index contributed by atoms with van der Waals surface area (Å²) in [6, 6.07) is 14.4. The van der Waals surface area contributed by atoms with Crippen LogP contribution in [-0.2, 0) is 6.42 Å². The van der Waals surface area contributed by atoms with E-state index in [-0.39, 0.29) is 5.38 Å². The van der Waals surface area contributed by atoms with E-state index >= 15 is 0 Å². The van der Waals surface area contributed by atoms with Crippen molar-refractivity contribution >= 4 is 11.6 Å². The molecular weight excluding hydrogens is 256 g/mol. The lowest BCUT2D eigenvalue weighted by Gasteiger charge is -2.16. The van der Waals surface area contributed by atoms with Gasteiger partial charge in [0, 0.05) is 0 Å². The molecule has 2 aromatic rings. The number of halogens is 1. The van der Waals surface area contributed by atoms with E-state index in [4.69, 9.17) is 16.3 Å². The van der Waals surface area contributed by atoms with Crippen molar-refractivity contribution in [1.82, 2.24) is 0 Å². The van der Waals surface area contributed by atoms with Crippen molar-refractivity contribution in [1.29, 1.82) is 0 Å². The second-order valence-corrected chi connectivity index (χ2v) is 5.35. The summed E-state index contributed by atoms with van der Waals surface area (Å²) in [6.07, 6.45) is 0.831. The van der Waals surface area contributed by atoms with Crippen molar-refractivity contribution in [3.05, 3.63) is 64.7 Å². The summed E-state index contributed by atoms with van der Waals surface area (Å²) in [6.45, 7) is 4.23. The second kappa shape index (κ2) is 6.12. The van der Waals surface area contributed by atoms with Crippen LogP contribution in [0.3, 0.4) is 0 Å². The maximum absolute atomic E-state index is 6.59. The quantitative estimate of drug-likeness (QED) is 0.725. The Labute approximate surface area is 120 Å². The minimum Gasteiger partial charge on any atom is -0.497 e. The van der Waals surface area contributed by atoms with Crippen molar-refractivity contribution in [2.75, 3.05) is 7.11 Å². The second-order valence-electron chi connectivity index (χ2n) is 4.83. The molecule has 1 atom stereocenters. The Balaban J connectivity index is 2.18. The molecule has 0 N–H and O–H groups in total. The fraction of sp³-hybridized carbons (Fsp3) is 0.294. The summed E-state index contributed by atoms with van der Waals surface area (Å²) in [7, 11) is 1.68. The lowest BCUT2D eigenvalue weighted by Crippen LogP contribution is -2.01. The van der Waals surface area contributed by atoms with Crippen molar-refractivity contribution in [2.45, 2.75) is 25.6 Å². The number of hydrogen-bond acceptors (Lipinski definition) is 1. The first-order valence-corrected chi connectivity index (χ1v) is 6.88. The van der Waals surface area contributed by atoms with Crippen LogP contribution < -0.4 is 4.74 Å². The van der Waals surface area contributed by atoms with Crippen molar-refractivity contribution in [3.63, 3.8) is 0 Å². The highest BCUT2D eigenvalue weighted by Gasteiger charge is 2.13. The molecular formula is C17H19ClO. The van der Waals surface area contributed by atoms with E-state index in [1.54, 1.807) is 7.11 Å². The average molecular weight is 275 g/mol. The minimum atomic E-state index is 0.00888. The topological polar surface area (TPSA) is 9.23 Å². The Morgan fingerprint density at radius 3 is 2.11 bits per heavy atom. The van der Waals surface area contributed by atoms with Gasteiger partial charge in [-0.05, 0) is 54.7 Å². The molecule has 0 spiro atoms. The molecule has 0 saturated heterocycles. The predicted octanol–water partition coefficient (Wildman–Crippen LogP) is 4.83. The largest absolute Gasteiger partial charge is 0.497 e. The van der Waals surface area contributed by atoms with Crippen LogP contribution in [0.1, 0.15) is 27.6 Å². The Bertz CT molecular complexity index is 525. The van der Waals surface area contributed by atoms with Crippen molar-refractivity contribution in [3.8, 4) is 5.75 Å². The standard InChI is InChI=1S/C17H19ClO/c1-12-5-4-6-13(2)17(12)16(18)11-14-7-9-15(19-3)10-8-14/h4-10,16H,11H2,1-3H3. The molecule has 1 unspecified atom stereocenters. The van der Waals surface area contributed by atoms with E-state index in [2.05, 4.69) is 44.2 Å². The molecule has 2 aromatic carbocycles. The molecule has 0 heterocycles. The Morgan fingerprint density at radius 2 is 1.58 bits per heavy atom. The number of hydrogen-bond donors (Lipinski definition) is 0. The first kappa shape index (κ1) is 14.0. The number of aryl methyl sites for hydroxylation is 2. The van der Waals surface area contributed by atoms with E-state index in [1.807, 2.05) is 12.1 Å². The van der Waals surface area contributed by atoms with E-state index in [0.717, 1.165) is 12.2 Å². The van der Waals surface area contributed by atoms with Gasteiger partial charge in [-0.1, -0.05) is 30.3 Å².